The van der Waals surface area contributed by atoms with Crippen molar-refractivity contribution in [2.24, 2.45) is 17.8 Å². The van der Waals surface area contributed by atoms with Crippen molar-refractivity contribution in [3.05, 3.63) is 73.0 Å². The highest BCUT2D eigenvalue weighted by Gasteiger charge is 2.38. The lowest BCUT2D eigenvalue weighted by molar-refractivity contribution is -0.112. The van der Waals surface area contributed by atoms with Gasteiger partial charge in [0.1, 0.15) is 6.29 Å². The van der Waals surface area contributed by atoms with E-state index in [1.54, 1.807) is 0 Å². The van der Waals surface area contributed by atoms with Gasteiger partial charge in [-0.05, 0) is 88.0 Å². The first-order chi connectivity index (χ1) is 18.2. The smallest absolute Gasteiger partial charge is 0.142 e. The van der Waals surface area contributed by atoms with Gasteiger partial charge < -0.3 is 9.69 Å². The fraction of sp³-hybridized carbons (Fsp3) is 0.629. The molecule has 1 aliphatic heterocycles. The third-order valence-electron chi connectivity index (χ3n) is 8.68. The predicted molar refractivity (Wildman–Crippen MR) is 170 cm³/mol. The van der Waals surface area contributed by atoms with E-state index in [0.717, 1.165) is 75.5 Å². The molecule has 214 valence electrons. The third kappa shape index (κ3) is 10.8. The van der Waals surface area contributed by atoms with E-state index in [1.807, 2.05) is 6.08 Å². The van der Waals surface area contributed by atoms with Crippen LogP contribution in [0, 0.1) is 17.8 Å². The van der Waals surface area contributed by atoms with E-state index in [2.05, 4.69) is 89.6 Å². The van der Waals surface area contributed by atoms with Crippen LogP contribution in [0.25, 0.3) is 0 Å². The van der Waals surface area contributed by atoms with Crippen LogP contribution in [0.15, 0.2) is 73.0 Å². The van der Waals surface area contributed by atoms with Gasteiger partial charge in [-0.15, -0.1) is 18.2 Å². The Balaban J connectivity index is 2.58. The minimum Gasteiger partial charge on any atom is -0.362 e. The molecule has 1 fully saturated rings. The number of piperidine rings is 1. The molecule has 2 nitrogen and oxygen atoms in total. The maximum Gasteiger partial charge on any atom is 0.142 e. The van der Waals surface area contributed by atoms with Gasteiger partial charge in [-0.3, -0.25) is 0 Å². The lowest BCUT2D eigenvalue weighted by Crippen LogP contribution is -2.43. The molecule has 0 N–H and O–H groups in total. The fourth-order valence-electron chi connectivity index (χ4n) is 5.59. The maximum atomic E-state index is 11.6. The predicted octanol–water partition coefficient (Wildman–Crippen LogP) is 10.4. The van der Waals surface area contributed by atoms with Crippen LogP contribution >= 0.6 is 11.6 Å². The van der Waals surface area contributed by atoms with Crippen molar-refractivity contribution >= 4 is 17.9 Å². The minimum absolute atomic E-state index is 0.0969. The molecule has 0 aliphatic carbocycles. The molecule has 0 saturated carbocycles. The number of halogens is 1. The highest BCUT2D eigenvalue weighted by Crippen LogP contribution is 2.43. The number of likely N-dealkylation sites (tertiary alicyclic amines) is 1. The van der Waals surface area contributed by atoms with E-state index in [4.69, 9.17) is 11.6 Å². The summed E-state index contributed by atoms with van der Waals surface area (Å²) in [5.74, 6) is 1.49. The number of carbonyl (C=O) groups is 1. The molecule has 0 aromatic heterocycles. The zero-order valence-electron chi connectivity index (χ0n) is 25.2. The van der Waals surface area contributed by atoms with Crippen molar-refractivity contribution in [3.63, 3.8) is 0 Å². The first-order valence-corrected chi connectivity index (χ1v) is 15.5. The van der Waals surface area contributed by atoms with E-state index < -0.39 is 4.87 Å². The molecule has 1 heterocycles. The molecule has 38 heavy (non-hydrogen) atoms. The average Bonchev–Trinajstić information content (AvgIpc) is 2.94. The van der Waals surface area contributed by atoms with E-state index in [-0.39, 0.29) is 6.04 Å². The van der Waals surface area contributed by atoms with Gasteiger partial charge in [-0.1, -0.05) is 95.7 Å². The van der Waals surface area contributed by atoms with Crippen LogP contribution in [0.5, 0.6) is 0 Å². The second kappa shape index (κ2) is 18.5. The second-order valence-corrected chi connectivity index (χ2v) is 12.0. The zero-order chi connectivity index (χ0) is 28.6. The number of unbranched alkanes of at least 4 members (excludes halogenated alkanes) is 1. The fourth-order valence-corrected chi connectivity index (χ4v) is 5.81. The molecule has 0 spiro atoms. The van der Waals surface area contributed by atoms with Gasteiger partial charge in [0, 0.05) is 12.2 Å². The number of nitrogens with zero attached hydrogens (tertiary/aromatic N) is 1. The molecule has 3 heteroatoms. The van der Waals surface area contributed by atoms with Crippen LogP contribution in [0.2, 0.25) is 0 Å². The molecule has 1 rings (SSSR count). The van der Waals surface area contributed by atoms with Gasteiger partial charge in [-0.2, -0.15) is 0 Å². The van der Waals surface area contributed by atoms with Gasteiger partial charge in [0.25, 0.3) is 0 Å². The van der Waals surface area contributed by atoms with Crippen LogP contribution in [0.3, 0.4) is 0 Å². The molecule has 0 aromatic rings. The Kier molecular flexibility index (Phi) is 16.6. The summed E-state index contributed by atoms with van der Waals surface area (Å²) in [7, 11) is 0. The van der Waals surface area contributed by atoms with Crippen molar-refractivity contribution in [3.8, 4) is 0 Å². The van der Waals surface area contributed by atoms with Crippen molar-refractivity contribution < 1.29 is 4.79 Å². The van der Waals surface area contributed by atoms with E-state index in [1.165, 1.54) is 24.8 Å². The van der Waals surface area contributed by atoms with Crippen LogP contribution in [-0.4, -0.2) is 28.6 Å². The summed E-state index contributed by atoms with van der Waals surface area (Å²) >= 11 is 7.27. The standard InChI is InChI=1S/C35H56ClNO/c1-9-28(4)21-15-13-12-14-16-22-29(5)33(10-2)24-18-17-23-30(6)35(36,11-3)31(7)32(8)37-26-20-19-25-34(37)27-38/h9,12-14,16,22,27-28,30,33-34H,1,7-8,10-11,15,17-21,23-26H2,2-6H3/b13-12+,16-14+,29-22+. The van der Waals surface area contributed by atoms with Crippen LogP contribution in [0.1, 0.15) is 105 Å². The normalized spacial score (nSPS) is 20.7. The third-order valence-corrected chi connectivity index (χ3v) is 9.55. The number of hydrogen-bond donors (Lipinski definition) is 0. The molecular weight excluding hydrogens is 486 g/mol. The minimum atomic E-state index is -0.524. The van der Waals surface area contributed by atoms with Crippen molar-refractivity contribution in [2.45, 2.75) is 116 Å². The van der Waals surface area contributed by atoms with Crippen LogP contribution < -0.4 is 0 Å². The Morgan fingerprint density at radius 2 is 1.79 bits per heavy atom. The number of carbonyl (C=O) groups excluding carboxylic acids is 1. The summed E-state index contributed by atoms with van der Waals surface area (Å²) < 4.78 is 0. The molecule has 0 bridgehead atoms. The average molecular weight is 542 g/mol. The molecule has 1 aliphatic rings. The molecule has 1 saturated heterocycles. The summed E-state index contributed by atoms with van der Waals surface area (Å²) in [6, 6.07) is -0.0969. The first-order valence-electron chi connectivity index (χ1n) is 15.1. The summed E-state index contributed by atoms with van der Waals surface area (Å²) in [6.07, 6.45) is 26.0. The molecule has 0 amide bonds. The Hall–Kier alpha value is -1.80. The monoisotopic (exact) mass is 541 g/mol. The number of hydrogen-bond acceptors (Lipinski definition) is 2. The Morgan fingerprint density at radius 3 is 2.42 bits per heavy atom. The van der Waals surface area contributed by atoms with Gasteiger partial charge in [0.05, 0.1) is 10.9 Å². The topological polar surface area (TPSA) is 20.3 Å². The van der Waals surface area contributed by atoms with Crippen LogP contribution in [-0.2, 0) is 4.79 Å². The zero-order valence-corrected chi connectivity index (χ0v) is 25.9. The Labute approximate surface area is 240 Å². The number of rotatable bonds is 19. The van der Waals surface area contributed by atoms with E-state index in [0.29, 0.717) is 17.8 Å². The Morgan fingerprint density at radius 1 is 1.08 bits per heavy atom. The van der Waals surface area contributed by atoms with Crippen LogP contribution in [0.4, 0.5) is 0 Å². The van der Waals surface area contributed by atoms with Crippen molar-refractivity contribution in [1.29, 1.82) is 0 Å². The maximum absolute atomic E-state index is 11.6. The Bertz CT molecular complexity index is 837. The molecule has 0 radical (unpaired) electrons. The number of aldehydes is 1. The molecule has 0 aromatic carbocycles. The quantitative estimate of drug-likeness (QED) is 0.0532. The summed E-state index contributed by atoms with van der Waals surface area (Å²) in [6.45, 7) is 24.6. The number of alkyl halides is 1. The molecule has 5 unspecified atom stereocenters. The van der Waals surface area contributed by atoms with Crippen molar-refractivity contribution in [1.82, 2.24) is 4.90 Å². The second-order valence-electron chi connectivity index (χ2n) is 11.3. The molecule has 5 atom stereocenters. The largest absolute Gasteiger partial charge is 0.362 e. The first kappa shape index (κ1) is 34.2. The number of allylic oxidation sites excluding steroid dienone is 8. The lowest BCUT2D eigenvalue weighted by Gasteiger charge is -2.42. The summed E-state index contributed by atoms with van der Waals surface area (Å²) in [5.41, 5.74) is 3.21. The summed E-state index contributed by atoms with van der Waals surface area (Å²) in [5, 5.41) is 0. The SMILES string of the molecule is C=CC(C)CC/C=C/C=C/C=C(\C)C(CC)CCCCC(C)C(Cl)(CC)C(=C)C(=C)N1CCCCC1C=O. The van der Waals surface area contributed by atoms with Gasteiger partial charge in [-0.25, -0.2) is 0 Å². The van der Waals surface area contributed by atoms with E-state index >= 15 is 0 Å². The lowest BCUT2D eigenvalue weighted by atomic mass is 9.79. The van der Waals surface area contributed by atoms with Gasteiger partial charge >= 0.3 is 0 Å². The van der Waals surface area contributed by atoms with Crippen molar-refractivity contribution in [2.75, 3.05) is 6.54 Å². The molecular formula is C35H56ClNO. The summed E-state index contributed by atoms with van der Waals surface area (Å²) in [4.78, 5) is 13.2. The van der Waals surface area contributed by atoms with Gasteiger partial charge in [0.15, 0.2) is 0 Å². The van der Waals surface area contributed by atoms with Gasteiger partial charge in [0.2, 0.25) is 0 Å². The highest BCUT2D eigenvalue weighted by molar-refractivity contribution is 6.26. The highest BCUT2D eigenvalue weighted by atomic mass is 35.5. The van der Waals surface area contributed by atoms with E-state index in [9.17, 15) is 4.79 Å².